The molecule has 0 bridgehead atoms. The number of benzene rings is 2. The molecule has 6 nitrogen and oxygen atoms in total. The van der Waals surface area contributed by atoms with Crippen molar-refractivity contribution in [3.8, 4) is 11.5 Å². The molecule has 0 spiro atoms. The van der Waals surface area contributed by atoms with Crippen molar-refractivity contribution >= 4 is 29.1 Å². The normalized spacial score (nSPS) is 10.2. The van der Waals surface area contributed by atoms with E-state index in [9.17, 15) is 9.59 Å². The largest absolute Gasteiger partial charge is 0.497 e. The minimum atomic E-state index is -0.323. The van der Waals surface area contributed by atoms with Gasteiger partial charge in [-0.05, 0) is 42.3 Å². The minimum Gasteiger partial charge on any atom is -0.497 e. The quantitative estimate of drug-likeness (QED) is 0.750. The van der Waals surface area contributed by atoms with Gasteiger partial charge in [-0.3, -0.25) is 9.59 Å². The maximum absolute atomic E-state index is 12.3. The van der Waals surface area contributed by atoms with E-state index in [1.54, 1.807) is 32.4 Å². The Balaban J connectivity index is 1.86. The Morgan fingerprint density at radius 3 is 2.41 bits per heavy atom. The van der Waals surface area contributed by atoms with E-state index in [1.807, 2.05) is 24.3 Å². The topological polar surface area (TPSA) is 67.9 Å². The first-order chi connectivity index (χ1) is 12.9. The second-order valence-electron chi connectivity index (χ2n) is 5.99. The maximum Gasteiger partial charge on any atom is 0.244 e. The van der Waals surface area contributed by atoms with Crippen LogP contribution >= 0.6 is 11.6 Å². The molecule has 1 N–H and O–H groups in total. The molecule has 0 unspecified atom stereocenters. The number of halogens is 1. The number of aryl methyl sites for hydroxylation is 1. The van der Waals surface area contributed by atoms with Gasteiger partial charge in [0.05, 0.1) is 26.5 Å². The number of nitrogens with zero attached hydrogens (tertiary/aromatic N) is 1. The number of hydrogen-bond donors (Lipinski definition) is 1. The number of rotatable bonds is 8. The molecular formula is C20H23ClN2O4. The Labute approximate surface area is 164 Å². The van der Waals surface area contributed by atoms with Gasteiger partial charge in [0.1, 0.15) is 11.5 Å². The molecule has 0 aliphatic heterocycles. The standard InChI is InChI=1S/C20H23ClN2O4/c1-23(20(25)11-6-14-4-8-16(26-2)9-5-14)13-19(24)22-17-12-15(21)7-10-18(17)27-3/h4-5,7-10,12H,6,11,13H2,1-3H3,(H,22,24). The molecule has 0 radical (unpaired) electrons. The highest BCUT2D eigenvalue weighted by Crippen LogP contribution is 2.27. The molecule has 0 heterocycles. The van der Waals surface area contributed by atoms with Crippen molar-refractivity contribution in [3.05, 3.63) is 53.1 Å². The van der Waals surface area contributed by atoms with Gasteiger partial charge in [-0.2, -0.15) is 0 Å². The fourth-order valence-electron chi connectivity index (χ4n) is 2.51. The smallest absolute Gasteiger partial charge is 0.244 e. The van der Waals surface area contributed by atoms with Crippen molar-refractivity contribution in [2.24, 2.45) is 0 Å². The Morgan fingerprint density at radius 2 is 1.78 bits per heavy atom. The molecule has 0 aliphatic carbocycles. The highest BCUT2D eigenvalue weighted by molar-refractivity contribution is 6.31. The molecule has 27 heavy (non-hydrogen) atoms. The van der Waals surface area contributed by atoms with Crippen LogP contribution in [0.2, 0.25) is 5.02 Å². The summed E-state index contributed by atoms with van der Waals surface area (Å²) in [7, 11) is 4.72. The summed E-state index contributed by atoms with van der Waals surface area (Å²) in [5, 5.41) is 3.20. The lowest BCUT2D eigenvalue weighted by Crippen LogP contribution is -2.35. The van der Waals surface area contributed by atoms with Crippen LogP contribution < -0.4 is 14.8 Å². The summed E-state index contributed by atoms with van der Waals surface area (Å²) < 4.78 is 10.3. The molecular weight excluding hydrogens is 368 g/mol. The number of hydrogen-bond acceptors (Lipinski definition) is 4. The van der Waals surface area contributed by atoms with Crippen LogP contribution in [0.3, 0.4) is 0 Å². The summed E-state index contributed by atoms with van der Waals surface area (Å²) in [4.78, 5) is 25.9. The summed E-state index contributed by atoms with van der Waals surface area (Å²) in [6.45, 7) is -0.0584. The molecule has 0 fully saturated rings. The van der Waals surface area contributed by atoms with Gasteiger partial charge >= 0.3 is 0 Å². The predicted octanol–water partition coefficient (Wildman–Crippen LogP) is 3.39. The van der Waals surface area contributed by atoms with E-state index in [0.717, 1.165) is 11.3 Å². The maximum atomic E-state index is 12.3. The van der Waals surface area contributed by atoms with Crippen molar-refractivity contribution < 1.29 is 19.1 Å². The fourth-order valence-corrected chi connectivity index (χ4v) is 2.68. The summed E-state index contributed by atoms with van der Waals surface area (Å²) in [5.41, 5.74) is 1.50. The molecule has 2 aromatic carbocycles. The van der Waals surface area contributed by atoms with Crippen molar-refractivity contribution in [2.45, 2.75) is 12.8 Å². The van der Waals surface area contributed by atoms with Gasteiger partial charge in [-0.25, -0.2) is 0 Å². The van der Waals surface area contributed by atoms with Gasteiger partial charge in [-0.1, -0.05) is 23.7 Å². The predicted molar refractivity (Wildman–Crippen MR) is 106 cm³/mol. The van der Waals surface area contributed by atoms with Crippen molar-refractivity contribution in [1.29, 1.82) is 0 Å². The lowest BCUT2D eigenvalue weighted by atomic mass is 10.1. The van der Waals surface area contributed by atoms with Crippen LogP contribution in [0.1, 0.15) is 12.0 Å². The lowest BCUT2D eigenvalue weighted by Gasteiger charge is -2.17. The zero-order valence-electron chi connectivity index (χ0n) is 15.6. The Bertz CT molecular complexity index is 793. The molecule has 7 heteroatoms. The molecule has 0 saturated carbocycles. The van der Waals surface area contributed by atoms with Crippen LogP contribution in [0.15, 0.2) is 42.5 Å². The lowest BCUT2D eigenvalue weighted by molar-refractivity contribution is -0.133. The second kappa shape index (κ2) is 9.83. The number of anilines is 1. The second-order valence-corrected chi connectivity index (χ2v) is 6.43. The summed E-state index contributed by atoms with van der Waals surface area (Å²) in [6.07, 6.45) is 0.910. The van der Waals surface area contributed by atoms with Gasteiger partial charge in [0, 0.05) is 18.5 Å². The first-order valence-electron chi connectivity index (χ1n) is 8.43. The molecule has 0 aromatic heterocycles. The van der Waals surface area contributed by atoms with Gasteiger partial charge < -0.3 is 19.7 Å². The number of carbonyl (C=O) groups is 2. The van der Waals surface area contributed by atoms with Crippen molar-refractivity contribution in [1.82, 2.24) is 4.90 Å². The van der Waals surface area contributed by atoms with Crippen molar-refractivity contribution in [2.75, 3.05) is 33.1 Å². The van der Waals surface area contributed by atoms with Crippen LogP contribution in [0.25, 0.3) is 0 Å². The zero-order valence-corrected chi connectivity index (χ0v) is 16.4. The molecule has 144 valence electrons. The van der Waals surface area contributed by atoms with Crippen LogP contribution in [-0.2, 0) is 16.0 Å². The number of carbonyl (C=O) groups excluding carboxylic acids is 2. The number of methoxy groups -OCH3 is 2. The SMILES string of the molecule is COc1ccc(CCC(=O)N(C)CC(=O)Nc2cc(Cl)ccc2OC)cc1. The van der Waals surface area contributed by atoms with Crippen LogP contribution in [0.4, 0.5) is 5.69 Å². The number of nitrogens with one attached hydrogen (secondary N) is 1. The van der Waals surface area contributed by atoms with E-state index in [-0.39, 0.29) is 18.4 Å². The average molecular weight is 391 g/mol. The highest BCUT2D eigenvalue weighted by Gasteiger charge is 2.15. The minimum absolute atomic E-state index is 0.0584. The first-order valence-corrected chi connectivity index (χ1v) is 8.81. The number of ether oxygens (including phenoxy) is 2. The molecule has 0 aliphatic rings. The third kappa shape index (κ3) is 6.18. The molecule has 2 amide bonds. The van der Waals surface area contributed by atoms with Crippen LogP contribution in [-0.4, -0.2) is 44.5 Å². The summed E-state index contributed by atoms with van der Waals surface area (Å²) in [5.74, 6) is 0.839. The average Bonchev–Trinajstić information content (AvgIpc) is 2.66. The van der Waals surface area contributed by atoms with Crippen LogP contribution in [0, 0.1) is 0 Å². The third-order valence-electron chi connectivity index (χ3n) is 4.03. The summed E-state index contributed by atoms with van der Waals surface area (Å²) in [6, 6.07) is 12.5. The highest BCUT2D eigenvalue weighted by atomic mass is 35.5. The van der Waals surface area contributed by atoms with Crippen molar-refractivity contribution in [3.63, 3.8) is 0 Å². The van der Waals surface area contributed by atoms with Crippen LogP contribution in [0.5, 0.6) is 11.5 Å². The molecule has 0 saturated heterocycles. The molecule has 2 aromatic rings. The molecule has 0 atom stereocenters. The van der Waals surface area contributed by atoms with Gasteiger partial charge in [0.15, 0.2) is 0 Å². The zero-order chi connectivity index (χ0) is 19.8. The van der Waals surface area contributed by atoms with E-state index < -0.39 is 0 Å². The molecule has 2 rings (SSSR count). The van der Waals surface area contributed by atoms with E-state index >= 15 is 0 Å². The van der Waals surface area contributed by atoms with Gasteiger partial charge in [0.25, 0.3) is 0 Å². The van der Waals surface area contributed by atoms with Gasteiger partial charge in [-0.15, -0.1) is 0 Å². The Hall–Kier alpha value is -2.73. The monoisotopic (exact) mass is 390 g/mol. The Morgan fingerprint density at radius 1 is 1.07 bits per heavy atom. The third-order valence-corrected chi connectivity index (χ3v) is 4.26. The fraction of sp³-hybridized carbons (Fsp3) is 0.300. The van der Waals surface area contributed by atoms with E-state index in [1.165, 1.54) is 12.0 Å². The van der Waals surface area contributed by atoms with E-state index in [2.05, 4.69) is 5.32 Å². The van der Waals surface area contributed by atoms with E-state index in [0.29, 0.717) is 29.3 Å². The summed E-state index contributed by atoms with van der Waals surface area (Å²) >= 11 is 5.95. The van der Waals surface area contributed by atoms with Gasteiger partial charge in [0.2, 0.25) is 11.8 Å². The Kier molecular flexibility index (Phi) is 7.49. The number of amides is 2. The number of likely N-dealkylation sites (N-methyl/N-ethyl adjacent to an activating group) is 1. The van der Waals surface area contributed by atoms with E-state index in [4.69, 9.17) is 21.1 Å². The first kappa shape index (κ1) is 20.6.